The summed E-state index contributed by atoms with van der Waals surface area (Å²) >= 11 is 1.70. The Morgan fingerprint density at radius 3 is 2.94 bits per heavy atom. The van der Waals surface area contributed by atoms with Gasteiger partial charge in [0, 0.05) is 13.6 Å². The lowest BCUT2D eigenvalue weighted by atomic mass is 10.00. The number of fused-ring (bicyclic) bond motifs is 1. The Labute approximate surface area is 107 Å². The predicted molar refractivity (Wildman–Crippen MR) is 71.3 cm³/mol. The molecule has 0 unspecified atom stereocenters. The summed E-state index contributed by atoms with van der Waals surface area (Å²) in [5.74, 6) is 0. The lowest BCUT2D eigenvalue weighted by molar-refractivity contribution is -0.0800. The molecule has 0 saturated carbocycles. The molecule has 0 aromatic carbocycles. The zero-order chi connectivity index (χ0) is 12.4. The summed E-state index contributed by atoms with van der Waals surface area (Å²) in [5, 5.41) is 10.9. The minimum absolute atomic E-state index is 0.00441. The van der Waals surface area contributed by atoms with Gasteiger partial charge in [0.05, 0.1) is 18.2 Å². The molecular weight excluding hydrogens is 236 g/mol. The van der Waals surface area contributed by atoms with Crippen LogP contribution >= 0.6 is 11.8 Å². The highest BCUT2D eigenvalue weighted by molar-refractivity contribution is 8.14. The van der Waals surface area contributed by atoms with Crippen LogP contribution in [-0.2, 0) is 4.74 Å². The molecule has 2 aliphatic heterocycles. The van der Waals surface area contributed by atoms with Crippen LogP contribution in [0, 0.1) is 0 Å². The van der Waals surface area contributed by atoms with Gasteiger partial charge in [-0.05, 0) is 26.2 Å². The molecule has 1 N–H and O–H groups in total. The van der Waals surface area contributed by atoms with Crippen molar-refractivity contribution < 1.29 is 9.84 Å². The fraction of sp³-hybridized carbons (Fsp3) is 0.917. The number of aliphatic imine (C=N–C) groups is 1. The van der Waals surface area contributed by atoms with E-state index in [1.54, 1.807) is 11.8 Å². The minimum Gasteiger partial charge on any atom is -0.390 e. The van der Waals surface area contributed by atoms with Crippen LogP contribution in [0.25, 0.3) is 0 Å². The van der Waals surface area contributed by atoms with E-state index in [1.807, 2.05) is 6.92 Å². The first-order valence-electron chi connectivity index (χ1n) is 6.44. The van der Waals surface area contributed by atoms with Crippen molar-refractivity contribution in [3.63, 3.8) is 0 Å². The molecule has 17 heavy (non-hydrogen) atoms. The Hall–Kier alpha value is -0.260. The van der Waals surface area contributed by atoms with Crippen LogP contribution in [0.3, 0.4) is 0 Å². The summed E-state index contributed by atoms with van der Waals surface area (Å²) in [6.07, 6.45) is 2.37. The van der Waals surface area contributed by atoms with Crippen molar-refractivity contribution in [1.82, 2.24) is 4.90 Å². The van der Waals surface area contributed by atoms with Crippen LogP contribution in [0.15, 0.2) is 4.99 Å². The molecule has 1 fully saturated rings. The molecule has 0 amide bonds. The number of thioether (sulfide) groups is 1. The normalized spacial score (nSPS) is 34.1. The highest BCUT2D eigenvalue weighted by atomic mass is 32.2. The number of hydrogen-bond donors (Lipinski definition) is 1. The number of rotatable bonds is 3. The predicted octanol–water partition coefficient (Wildman–Crippen LogP) is 1.69. The van der Waals surface area contributed by atoms with E-state index in [0.717, 1.165) is 31.0 Å². The smallest absolute Gasteiger partial charge is 0.161 e. The Balaban J connectivity index is 1.94. The van der Waals surface area contributed by atoms with E-state index in [2.05, 4.69) is 18.9 Å². The van der Waals surface area contributed by atoms with Gasteiger partial charge in [0.25, 0.3) is 0 Å². The molecule has 0 bridgehead atoms. The third-order valence-electron chi connectivity index (χ3n) is 3.52. The van der Waals surface area contributed by atoms with Gasteiger partial charge in [0.1, 0.15) is 5.44 Å². The second kappa shape index (κ2) is 5.59. The molecule has 0 spiro atoms. The van der Waals surface area contributed by atoms with Gasteiger partial charge in [0.2, 0.25) is 0 Å². The fourth-order valence-corrected chi connectivity index (χ4v) is 3.45. The second-order valence-corrected chi connectivity index (χ2v) is 5.77. The largest absolute Gasteiger partial charge is 0.390 e. The molecule has 4 nitrogen and oxygen atoms in total. The summed E-state index contributed by atoms with van der Waals surface area (Å²) in [4.78, 5) is 6.85. The summed E-state index contributed by atoms with van der Waals surface area (Å²) in [7, 11) is 2.06. The lowest BCUT2D eigenvalue weighted by Crippen LogP contribution is -2.40. The number of nitrogens with zero attached hydrogens (tertiary/aromatic N) is 2. The van der Waals surface area contributed by atoms with Gasteiger partial charge in [0.15, 0.2) is 5.17 Å². The SMILES string of the molecule is CC[C@@H](O)[C@H]1CC[C@H]2N=C(N(C)CC)S[C@H]2O1. The average Bonchev–Trinajstić information content (AvgIpc) is 2.79. The van der Waals surface area contributed by atoms with Gasteiger partial charge in [-0.3, -0.25) is 4.99 Å². The maximum absolute atomic E-state index is 9.84. The third-order valence-corrected chi connectivity index (χ3v) is 4.80. The number of ether oxygens (including phenoxy) is 1. The first kappa shape index (κ1) is 13.2. The van der Waals surface area contributed by atoms with Crippen molar-refractivity contribution >= 4 is 16.9 Å². The number of amidine groups is 1. The van der Waals surface area contributed by atoms with Crippen LogP contribution in [-0.4, -0.2) is 52.5 Å². The van der Waals surface area contributed by atoms with Crippen LogP contribution < -0.4 is 0 Å². The molecule has 2 heterocycles. The monoisotopic (exact) mass is 258 g/mol. The topological polar surface area (TPSA) is 45.1 Å². The summed E-state index contributed by atoms with van der Waals surface area (Å²) in [6.45, 7) is 5.08. The molecule has 0 aromatic rings. The first-order valence-corrected chi connectivity index (χ1v) is 7.32. The van der Waals surface area contributed by atoms with Crippen molar-refractivity contribution in [2.45, 2.75) is 56.8 Å². The van der Waals surface area contributed by atoms with Gasteiger partial charge in [-0.15, -0.1) is 0 Å². The van der Waals surface area contributed by atoms with Crippen LogP contribution in [0.2, 0.25) is 0 Å². The Morgan fingerprint density at radius 2 is 2.29 bits per heavy atom. The van der Waals surface area contributed by atoms with Gasteiger partial charge in [-0.1, -0.05) is 18.7 Å². The molecule has 98 valence electrons. The van der Waals surface area contributed by atoms with Gasteiger partial charge in [-0.2, -0.15) is 0 Å². The van der Waals surface area contributed by atoms with Crippen LogP contribution in [0.4, 0.5) is 0 Å². The molecule has 2 aliphatic rings. The maximum atomic E-state index is 9.84. The Morgan fingerprint density at radius 1 is 1.53 bits per heavy atom. The van der Waals surface area contributed by atoms with E-state index < -0.39 is 0 Å². The van der Waals surface area contributed by atoms with E-state index in [0.29, 0.717) is 0 Å². The van der Waals surface area contributed by atoms with Gasteiger partial charge >= 0.3 is 0 Å². The fourth-order valence-electron chi connectivity index (χ4n) is 2.18. The quantitative estimate of drug-likeness (QED) is 0.836. The molecule has 5 heteroatoms. The number of aliphatic hydroxyl groups excluding tert-OH is 1. The van der Waals surface area contributed by atoms with Crippen molar-refractivity contribution in [3.05, 3.63) is 0 Å². The molecule has 2 rings (SSSR count). The van der Waals surface area contributed by atoms with E-state index >= 15 is 0 Å². The van der Waals surface area contributed by atoms with Crippen molar-refractivity contribution in [2.24, 2.45) is 4.99 Å². The van der Waals surface area contributed by atoms with Gasteiger partial charge in [-0.25, -0.2) is 0 Å². The third kappa shape index (κ3) is 2.77. The average molecular weight is 258 g/mol. The summed E-state index contributed by atoms with van der Waals surface area (Å²) in [6, 6.07) is 0.282. The van der Waals surface area contributed by atoms with Gasteiger partial charge < -0.3 is 14.7 Å². The second-order valence-electron chi connectivity index (χ2n) is 4.71. The van der Waals surface area contributed by atoms with Crippen molar-refractivity contribution in [1.29, 1.82) is 0 Å². The highest BCUT2D eigenvalue weighted by Gasteiger charge is 2.39. The first-order chi connectivity index (χ1) is 8.15. The molecule has 4 atom stereocenters. The maximum Gasteiger partial charge on any atom is 0.161 e. The summed E-state index contributed by atoms with van der Waals surface area (Å²) in [5.41, 5.74) is 0.110. The minimum atomic E-state index is -0.329. The Kier molecular flexibility index (Phi) is 4.33. The molecular formula is C12H22N2O2S. The molecule has 0 radical (unpaired) electrons. The molecule has 0 aliphatic carbocycles. The van der Waals surface area contributed by atoms with E-state index in [4.69, 9.17) is 9.73 Å². The van der Waals surface area contributed by atoms with E-state index in [1.165, 1.54) is 0 Å². The standard InChI is InChI=1S/C12H22N2O2S/c1-4-9(15)10-7-6-8-11(16-10)17-12(13-8)14(3)5-2/h8-11,15H,4-7H2,1-3H3/t8-,9-,10-,11-/m1/s1. The highest BCUT2D eigenvalue weighted by Crippen LogP contribution is 2.37. The number of aliphatic hydroxyl groups is 1. The Bertz CT molecular complexity index is 298. The van der Waals surface area contributed by atoms with Crippen molar-refractivity contribution in [2.75, 3.05) is 13.6 Å². The zero-order valence-electron chi connectivity index (χ0n) is 10.8. The number of hydrogen-bond acceptors (Lipinski definition) is 5. The summed E-state index contributed by atoms with van der Waals surface area (Å²) < 4.78 is 5.96. The lowest BCUT2D eigenvalue weighted by Gasteiger charge is -2.33. The zero-order valence-corrected chi connectivity index (χ0v) is 11.6. The van der Waals surface area contributed by atoms with E-state index in [9.17, 15) is 5.11 Å². The van der Waals surface area contributed by atoms with Crippen LogP contribution in [0.1, 0.15) is 33.1 Å². The molecule has 0 aromatic heterocycles. The van der Waals surface area contributed by atoms with E-state index in [-0.39, 0.29) is 23.7 Å². The molecule has 1 saturated heterocycles. The van der Waals surface area contributed by atoms with Crippen molar-refractivity contribution in [3.8, 4) is 0 Å². The van der Waals surface area contributed by atoms with Crippen LogP contribution in [0.5, 0.6) is 0 Å².